The molecular formula is C26H22N6O2S. The number of hydrogen-bond acceptors (Lipinski definition) is 8. The summed E-state index contributed by atoms with van der Waals surface area (Å²) in [4.78, 5) is 27.0. The molecule has 5 rings (SSSR count). The van der Waals surface area contributed by atoms with Gasteiger partial charge in [0.1, 0.15) is 6.33 Å². The number of rotatable bonds is 8. The Morgan fingerprint density at radius 1 is 0.914 bits per heavy atom. The van der Waals surface area contributed by atoms with E-state index in [-0.39, 0.29) is 17.3 Å². The van der Waals surface area contributed by atoms with E-state index in [9.17, 15) is 10.1 Å². The minimum Gasteiger partial charge on any atom is -0.342 e. The van der Waals surface area contributed by atoms with Crippen LogP contribution in [0.25, 0.3) is 10.2 Å². The first-order valence-corrected chi connectivity index (χ1v) is 11.9. The Balaban J connectivity index is 1.55. The quantitative estimate of drug-likeness (QED) is 0.206. The molecule has 0 spiro atoms. The molecule has 35 heavy (non-hydrogen) atoms. The topological polar surface area (TPSA) is 97.1 Å². The van der Waals surface area contributed by atoms with E-state index in [1.807, 2.05) is 90.7 Å². The van der Waals surface area contributed by atoms with E-state index in [4.69, 9.17) is 0 Å². The first-order valence-electron chi connectivity index (χ1n) is 11.0. The molecule has 0 saturated heterocycles. The molecule has 2 heterocycles. The number of fused-ring (bicyclic) bond motifs is 1. The highest BCUT2D eigenvalue weighted by Gasteiger charge is 2.28. The molecule has 0 atom stereocenters. The minimum absolute atomic E-state index is 0.114. The van der Waals surface area contributed by atoms with Crippen LogP contribution in [-0.2, 0) is 13.1 Å². The van der Waals surface area contributed by atoms with Gasteiger partial charge in [0.2, 0.25) is 11.6 Å². The number of nitrogens with one attached hydrogen (secondary N) is 1. The van der Waals surface area contributed by atoms with Gasteiger partial charge in [0, 0.05) is 13.1 Å². The van der Waals surface area contributed by atoms with Crippen molar-refractivity contribution < 1.29 is 4.92 Å². The lowest BCUT2D eigenvalue weighted by Crippen LogP contribution is -2.24. The Bertz CT molecular complexity index is 1430. The zero-order valence-corrected chi connectivity index (χ0v) is 19.8. The van der Waals surface area contributed by atoms with E-state index in [0.29, 0.717) is 18.2 Å². The summed E-state index contributed by atoms with van der Waals surface area (Å²) in [5, 5.41) is 15.9. The monoisotopic (exact) mass is 482 g/mol. The fourth-order valence-electron chi connectivity index (χ4n) is 3.91. The molecule has 0 aliphatic heterocycles. The van der Waals surface area contributed by atoms with Gasteiger partial charge < -0.3 is 10.2 Å². The maximum absolute atomic E-state index is 12.3. The van der Waals surface area contributed by atoms with E-state index in [1.165, 1.54) is 17.7 Å². The molecule has 3 aromatic carbocycles. The van der Waals surface area contributed by atoms with Crippen molar-refractivity contribution in [1.82, 2.24) is 15.0 Å². The third-order valence-corrected chi connectivity index (χ3v) is 6.50. The number of aryl methyl sites for hydroxylation is 1. The van der Waals surface area contributed by atoms with Crippen LogP contribution in [0.4, 0.5) is 22.5 Å². The second kappa shape index (κ2) is 9.86. The van der Waals surface area contributed by atoms with E-state index in [1.54, 1.807) is 0 Å². The SMILES string of the molecule is Cc1cccc2sc(Nc3ncnc(N(Cc4ccccc4)Cc4ccccc4)c3[N+](=O)[O-])nc12. The molecule has 8 nitrogen and oxygen atoms in total. The summed E-state index contributed by atoms with van der Waals surface area (Å²) < 4.78 is 0.999. The summed E-state index contributed by atoms with van der Waals surface area (Å²) in [7, 11) is 0. The summed E-state index contributed by atoms with van der Waals surface area (Å²) in [6.07, 6.45) is 1.35. The van der Waals surface area contributed by atoms with Crippen LogP contribution < -0.4 is 10.2 Å². The van der Waals surface area contributed by atoms with Crippen LogP contribution in [0.3, 0.4) is 0 Å². The van der Waals surface area contributed by atoms with Gasteiger partial charge in [-0.05, 0) is 29.7 Å². The van der Waals surface area contributed by atoms with Crippen LogP contribution in [-0.4, -0.2) is 19.9 Å². The number of nitrogens with zero attached hydrogens (tertiary/aromatic N) is 5. The fraction of sp³-hybridized carbons (Fsp3) is 0.115. The van der Waals surface area contributed by atoms with Gasteiger partial charge >= 0.3 is 5.69 Å². The molecule has 174 valence electrons. The van der Waals surface area contributed by atoms with Crippen LogP contribution >= 0.6 is 11.3 Å². The van der Waals surface area contributed by atoms with Crippen LogP contribution in [0.15, 0.2) is 85.2 Å². The van der Waals surface area contributed by atoms with Crippen molar-refractivity contribution in [2.24, 2.45) is 0 Å². The van der Waals surface area contributed by atoms with Gasteiger partial charge in [0.15, 0.2) is 5.13 Å². The maximum Gasteiger partial charge on any atom is 0.353 e. The highest BCUT2D eigenvalue weighted by molar-refractivity contribution is 7.22. The van der Waals surface area contributed by atoms with E-state index in [0.717, 1.165) is 26.9 Å². The maximum atomic E-state index is 12.3. The smallest absolute Gasteiger partial charge is 0.342 e. The molecule has 0 fully saturated rings. The Kier molecular flexibility index (Phi) is 6.32. The lowest BCUT2D eigenvalue weighted by atomic mass is 10.1. The molecule has 0 bridgehead atoms. The standard InChI is InChI=1S/C26H22N6O2S/c1-18-9-8-14-21-22(18)29-26(35-21)30-24-23(32(33)34)25(28-17-27-24)31(15-19-10-4-2-5-11-19)16-20-12-6-3-7-13-20/h2-14,17H,15-16H2,1H3,(H,27,28,29,30). The molecule has 0 radical (unpaired) electrons. The van der Waals surface area contributed by atoms with Gasteiger partial charge in [-0.1, -0.05) is 84.1 Å². The largest absolute Gasteiger partial charge is 0.353 e. The van der Waals surface area contributed by atoms with E-state index < -0.39 is 4.92 Å². The predicted molar refractivity (Wildman–Crippen MR) is 139 cm³/mol. The second-order valence-corrected chi connectivity index (χ2v) is 9.08. The highest BCUT2D eigenvalue weighted by atomic mass is 32.1. The van der Waals surface area contributed by atoms with Crippen molar-refractivity contribution in [2.75, 3.05) is 10.2 Å². The van der Waals surface area contributed by atoms with Crippen molar-refractivity contribution >= 4 is 44.0 Å². The second-order valence-electron chi connectivity index (χ2n) is 8.04. The first kappa shape index (κ1) is 22.4. The molecule has 9 heteroatoms. The van der Waals surface area contributed by atoms with Crippen LogP contribution in [0.5, 0.6) is 0 Å². The molecule has 0 unspecified atom stereocenters. The summed E-state index contributed by atoms with van der Waals surface area (Å²) in [6, 6.07) is 25.6. The van der Waals surface area contributed by atoms with E-state index in [2.05, 4.69) is 20.3 Å². The number of benzene rings is 3. The number of thiazole rings is 1. The van der Waals surface area contributed by atoms with Crippen molar-refractivity contribution in [2.45, 2.75) is 20.0 Å². The molecule has 0 aliphatic rings. The number of aromatic nitrogens is 3. The van der Waals surface area contributed by atoms with Gasteiger partial charge in [-0.3, -0.25) is 10.1 Å². The molecular weight excluding hydrogens is 460 g/mol. The molecule has 2 aromatic heterocycles. The summed E-state index contributed by atoms with van der Waals surface area (Å²) in [5.41, 5.74) is 3.77. The number of para-hydroxylation sites is 1. The summed E-state index contributed by atoms with van der Waals surface area (Å²) in [5.74, 6) is 0.361. The Morgan fingerprint density at radius 2 is 1.57 bits per heavy atom. The predicted octanol–water partition coefficient (Wildman–Crippen LogP) is 6.25. The highest BCUT2D eigenvalue weighted by Crippen LogP contribution is 2.37. The van der Waals surface area contributed by atoms with Crippen molar-refractivity contribution in [3.05, 3.63) is 112 Å². The lowest BCUT2D eigenvalue weighted by Gasteiger charge is -2.24. The molecule has 0 aliphatic carbocycles. The van der Waals surface area contributed by atoms with Crippen molar-refractivity contribution in [1.29, 1.82) is 0 Å². The van der Waals surface area contributed by atoms with Gasteiger partial charge in [-0.2, -0.15) is 0 Å². The third-order valence-electron chi connectivity index (χ3n) is 5.56. The summed E-state index contributed by atoms with van der Waals surface area (Å²) >= 11 is 1.43. The van der Waals surface area contributed by atoms with Gasteiger partial charge in [0.25, 0.3) is 0 Å². The normalized spacial score (nSPS) is 10.9. The minimum atomic E-state index is -0.431. The Morgan fingerprint density at radius 3 is 2.17 bits per heavy atom. The fourth-order valence-corrected chi connectivity index (χ4v) is 4.86. The Labute approximate surface area is 206 Å². The number of anilines is 3. The van der Waals surface area contributed by atoms with E-state index >= 15 is 0 Å². The van der Waals surface area contributed by atoms with Crippen molar-refractivity contribution in [3.63, 3.8) is 0 Å². The molecule has 0 amide bonds. The number of nitro groups is 1. The average Bonchev–Trinajstić information content (AvgIpc) is 3.28. The van der Waals surface area contributed by atoms with Gasteiger partial charge in [-0.25, -0.2) is 15.0 Å². The van der Waals surface area contributed by atoms with Crippen LogP contribution in [0.2, 0.25) is 0 Å². The average molecular weight is 483 g/mol. The molecule has 0 saturated carbocycles. The molecule has 5 aromatic rings. The zero-order chi connectivity index (χ0) is 24.2. The molecule has 1 N–H and O–H groups in total. The zero-order valence-electron chi connectivity index (χ0n) is 19.0. The lowest BCUT2D eigenvalue weighted by molar-refractivity contribution is -0.383. The number of hydrogen-bond donors (Lipinski definition) is 1. The first-order chi connectivity index (χ1) is 17.1. The van der Waals surface area contributed by atoms with Crippen LogP contribution in [0.1, 0.15) is 16.7 Å². The van der Waals surface area contributed by atoms with Crippen molar-refractivity contribution in [3.8, 4) is 0 Å². The van der Waals surface area contributed by atoms with Crippen LogP contribution in [0, 0.1) is 17.0 Å². The third kappa shape index (κ3) is 4.95. The van der Waals surface area contributed by atoms with Gasteiger partial charge in [0.05, 0.1) is 15.1 Å². The summed E-state index contributed by atoms with van der Waals surface area (Å²) in [6.45, 7) is 2.89. The van der Waals surface area contributed by atoms with Gasteiger partial charge in [-0.15, -0.1) is 0 Å². The Hall–Kier alpha value is -4.37.